The van der Waals surface area contributed by atoms with E-state index in [4.69, 9.17) is 0 Å². The second kappa shape index (κ2) is 11.2. The number of thioether (sulfide) groups is 1. The number of benzene rings is 2. The molecule has 3 N–H and O–H groups in total. The van der Waals surface area contributed by atoms with Gasteiger partial charge in [0.15, 0.2) is 5.96 Å². The summed E-state index contributed by atoms with van der Waals surface area (Å²) >= 11 is 1.66. The van der Waals surface area contributed by atoms with Gasteiger partial charge in [-0.3, -0.25) is 10.3 Å². The highest BCUT2D eigenvalue weighted by molar-refractivity contribution is 7.97. The molecule has 0 aliphatic carbocycles. The topological polar surface area (TPSA) is 74.8 Å². The van der Waals surface area contributed by atoms with Crippen LogP contribution in [0.4, 0.5) is 14.9 Å². The Kier molecular flexibility index (Phi) is 8.61. The normalized spacial score (nSPS) is 11.1. The molecule has 0 heterocycles. The lowest BCUT2D eigenvalue weighted by Crippen LogP contribution is -2.36. The molecule has 0 saturated carbocycles. The highest BCUT2D eigenvalue weighted by Gasteiger charge is 2.06. The predicted molar refractivity (Wildman–Crippen MR) is 113 cm³/mol. The van der Waals surface area contributed by atoms with Crippen LogP contribution < -0.4 is 16.0 Å². The van der Waals surface area contributed by atoms with Gasteiger partial charge in [0.05, 0.1) is 7.11 Å². The molecule has 0 fully saturated rings. The molecule has 2 rings (SSSR count). The maximum atomic E-state index is 13.5. The Morgan fingerprint density at radius 3 is 2.46 bits per heavy atom. The zero-order chi connectivity index (χ0) is 20.4. The average molecular weight is 405 g/mol. The van der Waals surface area contributed by atoms with Gasteiger partial charge in [-0.05, 0) is 47.2 Å². The molecule has 0 unspecified atom stereocenters. The second-order valence-corrected chi connectivity index (χ2v) is 6.80. The predicted octanol–water partition coefficient (Wildman–Crippen LogP) is 3.73. The molecule has 0 radical (unpaired) electrons. The summed E-state index contributed by atoms with van der Waals surface area (Å²) in [5.41, 5.74) is 3.71. The molecule has 2 aromatic carbocycles. The number of carbonyl (C=O) groups excluding carboxylic acids is 1. The number of hydrogen-bond acceptors (Lipinski definition) is 4. The average Bonchev–Trinajstić information content (AvgIpc) is 2.70. The molecule has 0 saturated heterocycles. The molecule has 0 aliphatic rings. The van der Waals surface area contributed by atoms with E-state index in [9.17, 15) is 9.18 Å². The molecule has 0 bridgehead atoms. The molecule has 0 aliphatic heterocycles. The molecule has 0 aromatic heterocycles. The molecule has 8 heteroatoms. The van der Waals surface area contributed by atoms with Crippen molar-refractivity contribution in [1.82, 2.24) is 10.6 Å². The third-order valence-electron chi connectivity index (χ3n) is 3.98. The summed E-state index contributed by atoms with van der Waals surface area (Å²) in [7, 11) is 3.02. The van der Waals surface area contributed by atoms with Crippen molar-refractivity contribution >= 4 is 29.5 Å². The zero-order valence-corrected chi connectivity index (χ0v) is 17.0. The van der Waals surface area contributed by atoms with Gasteiger partial charge in [-0.15, -0.1) is 0 Å². The summed E-state index contributed by atoms with van der Waals surface area (Å²) in [4.78, 5) is 15.4. The largest absolute Gasteiger partial charge is 0.453 e. The fourth-order valence-corrected chi connectivity index (χ4v) is 3.10. The van der Waals surface area contributed by atoms with Gasteiger partial charge < -0.3 is 15.4 Å². The maximum absolute atomic E-state index is 13.5. The Hall–Kier alpha value is -2.74. The smallest absolute Gasteiger partial charge is 0.411 e. The summed E-state index contributed by atoms with van der Waals surface area (Å²) in [6.07, 6.45) is 1.49. The molecule has 6 nitrogen and oxygen atoms in total. The third-order valence-corrected chi connectivity index (χ3v) is 4.58. The van der Waals surface area contributed by atoms with Gasteiger partial charge in [0.25, 0.3) is 0 Å². The van der Waals surface area contributed by atoms with Gasteiger partial charge in [0, 0.05) is 31.6 Å². The minimum Gasteiger partial charge on any atom is -0.453 e. The number of halogens is 1. The van der Waals surface area contributed by atoms with Gasteiger partial charge in [0.2, 0.25) is 0 Å². The molecule has 150 valence electrons. The second-order valence-electron chi connectivity index (χ2n) is 5.94. The Bertz CT molecular complexity index is 812. The van der Waals surface area contributed by atoms with Gasteiger partial charge in [0.1, 0.15) is 5.82 Å². The maximum Gasteiger partial charge on any atom is 0.411 e. The minimum absolute atomic E-state index is 0.222. The summed E-state index contributed by atoms with van der Waals surface area (Å²) in [5, 5.41) is 9.10. The number of nitrogens with one attached hydrogen (secondary N) is 3. The van der Waals surface area contributed by atoms with E-state index in [0.29, 0.717) is 24.7 Å². The number of aliphatic imine (C=N–C) groups is 1. The van der Waals surface area contributed by atoms with Crippen LogP contribution in [0.5, 0.6) is 0 Å². The van der Waals surface area contributed by atoms with E-state index >= 15 is 0 Å². The first-order chi connectivity index (χ1) is 13.5. The van der Waals surface area contributed by atoms with Crippen molar-refractivity contribution in [1.29, 1.82) is 0 Å². The van der Waals surface area contributed by atoms with Crippen molar-refractivity contribution < 1.29 is 13.9 Å². The monoisotopic (exact) mass is 404 g/mol. The van der Waals surface area contributed by atoms with E-state index < -0.39 is 6.09 Å². The van der Waals surface area contributed by atoms with Crippen molar-refractivity contribution in [2.75, 3.05) is 25.7 Å². The lowest BCUT2D eigenvalue weighted by atomic mass is 10.1. The summed E-state index contributed by atoms with van der Waals surface area (Å²) in [6, 6.07) is 12.3. The van der Waals surface area contributed by atoms with Crippen molar-refractivity contribution in [3.05, 3.63) is 65.0 Å². The zero-order valence-electron chi connectivity index (χ0n) is 16.2. The Morgan fingerprint density at radius 1 is 1.11 bits per heavy atom. The number of carbonyl (C=O) groups is 1. The first-order valence-corrected chi connectivity index (χ1v) is 10.1. The van der Waals surface area contributed by atoms with Crippen LogP contribution in [0.25, 0.3) is 0 Å². The number of ether oxygens (including phenoxy) is 1. The van der Waals surface area contributed by atoms with E-state index in [0.717, 1.165) is 22.4 Å². The van der Waals surface area contributed by atoms with Crippen molar-refractivity contribution in [2.24, 2.45) is 4.99 Å². The van der Waals surface area contributed by atoms with E-state index in [2.05, 4.69) is 25.7 Å². The van der Waals surface area contributed by atoms with E-state index in [1.54, 1.807) is 43.1 Å². The Balaban J connectivity index is 1.89. The fraction of sp³-hybridized carbons (Fsp3) is 0.300. The number of nitrogens with zero attached hydrogens (tertiary/aromatic N) is 1. The molecule has 0 atom stereocenters. The van der Waals surface area contributed by atoms with Crippen LogP contribution in [-0.4, -0.2) is 32.5 Å². The number of guanidine groups is 1. The van der Waals surface area contributed by atoms with Crippen molar-refractivity contribution in [3.63, 3.8) is 0 Å². The Morgan fingerprint density at radius 2 is 1.82 bits per heavy atom. The highest BCUT2D eigenvalue weighted by atomic mass is 32.2. The number of anilines is 1. The number of amides is 1. The van der Waals surface area contributed by atoms with Crippen LogP contribution in [0.15, 0.2) is 47.5 Å². The van der Waals surface area contributed by atoms with E-state index in [1.807, 2.05) is 18.4 Å². The summed E-state index contributed by atoms with van der Waals surface area (Å²) in [5.74, 6) is 1.18. The number of methoxy groups -OCH3 is 1. The third kappa shape index (κ3) is 6.77. The molecular weight excluding hydrogens is 379 g/mol. The first kappa shape index (κ1) is 21.6. The summed E-state index contributed by atoms with van der Waals surface area (Å²) < 4.78 is 18.0. The lowest BCUT2D eigenvalue weighted by molar-refractivity contribution is 0.187. The van der Waals surface area contributed by atoms with Crippen LogP contribution in [-0.2, 0) is 23.6 Å². The SMILES string of the molecule is CN=C(NCc1ccc(NC(=O)OC)cc1)NCc1ccc(F)cc1CSC. The minimum atomic E-state index is -0.503. The van der Waals surface area contributed by atoms with Gasteiger partial charge in [-0.25, -0.2) is 9.18 Å². The van der Waals surface area contributed by atoms with E-state index in [-0.39, 0.29) is 5.82 Å². The van der Waals surface area contributed by atoms with Crippen LogP contribution in [0.1, 0.15) is 16.7 Å². The van der Waals surface area contributed by atoms with Crippen LogP contribution in [0.3, 0.4) is 0 Å². The van der Waals surface area contributed by atoms with Crippen molar-refractivity contribution in [2.45, 2.75) is 18.8 Å². The Labute approximate surface area is 169 Å². The van der Waals surface area contributed by atoms with Gasteiger partial charge >= 0.3 is 6.09 Å². The van der Waals surface area contributed by atoms with Crippen LogP contribution >= 0.6 is 11.8 Å². The number of rotatable bonds is 7. The molecule has 28 heavy (non-hydrogen) atoms. The van der Waals surface area contributed by atoms with Gasteiger partial charge in [-0.2, -0.15) is 11.8 Å². The fourth-order valence-electron chi connectivity index (χ4n) is 2.52. The standard InChI is InChI=1S/C20H25FN4O2S/c1-22-19(24-12-15-6-7-17(21)10-16(15)13-28-3)23-11-14-4-8-18(9-5-14)25-20(26)27-2/h4-10H,11-13H2,1-3H3,(H,25,26)(H2,22,23,24). The molecule has 0 spiro atoms. The summed E-state index contributed by atoms with van der Waals surface area (Å²) in [6.45, 7) is 1.12. The molecular formula is C20H25FN4O2S. The van der Waals surface area contributed by atoms with Crippen LogP contribution in [0, 0.1) is 5.82 Å². The number of hydrogen-bond donors (Lipinski definition) is 3. The van der Waals surface area contributed by atoms with E-state index in [1.165, 1.54) is 13.2 Å². The van der Waals surface area contributed by atoms with Crippen LogP contribution in [0.2, 0.25) is 0 Å². The molecule has 2 aromatic rings. The van der Waals surface area contributed by atoms with Gasteiger partial charge in [-0.1, -0.05) is 18.2 Å². The lowest BCUT2D eigenvalue weighted by Gasteiger charge is -2.14. The molecule has 1 amide bonds. The van der Waals surface area contributed by atoms with Crippen molar-refractivity contribution in [3.8, 4) is 0 Å². The quantitative estimate of drug-likeness (QED) is 0.484. The highest BCUT2D eigenvalue weighted by Crippen LogP contribution is 2.16. The first-order valence-electron chi connectivity index (χ1n) is 8.70.